The molecule has 94 valence electrons. The van der Waals surface area contributed by atoms with Gasteiger partial charge in [0.1, 0.15) is 5.83 Å². The number of nitrogens with two attached hydrogens (primary N) is 1. The van der Waals surface area contributed by atoms with Crippen molar-refractivity contribution in [3.8, 4) is 0 Å². The van der Waals surface area contributed by atoms with Gasteiger partial charge in [-0.15, -0.1) is 0 Å². The molecule has 1 amide bonds. The lowest BCUT2D eigenvalue weighted by atomic mass is 10.0. The van der Waals surface area contributed by atoms with E-state index in [1.165, 1.54) is 18.2 Å². The molecule has 0 bridgehead atoms. The SMILES string of the molecule is C=C/C=C(C(\F)=C/CCC)/C(=C\CC)C(N)=O. The molecule has 0 atom stereocenters. The maximum Gasteiger partial charge on any atom is 0.249 e. The Labute approximate surface area is 102 Å². The molecule has 0 heterocycles. The number of hydrogen-bond acceptors (Lipinski definition) is 1. The molecule has 0 aliphatic heterocycles. The summed E-state index contributed by atoms with van der Waals surface area (Å²) in [7, 11) is 0. The first-order valence-corrected chi connectivity index (χ1v) is 5.77. The number of primary amides is 1. The van der Waals surface area contributed by atoms with Crippen molar-refractivity contribution in [3.63, 3.8) is 0 Å². The first kappa shape index (κ1) is 15.4. The molecular formula is C14H20FNO. The Morgan fingerprint density at radius 3 is 2.35 bits per heavy atom. The van der Waals surface area contributed by atoms with E-state index >= 15 is 0 Å². The highest BCUT2D eigenvalue weighted by Gasteiger charge is 2.14. The van der Waals surface area contributed by atoms with Gasteiger partial charge in [-0.05, 0) is 18.9 Å². The van der Waals surface area contributed by atoms with Gasteiger partial charge in [0.2, 0.25) is 5.91 Å². The molecule has 2 nitrogen and oxygen atoms in total. The molecule has 0 unspecified atom stereocenters. The van der Waals surface area contributed by atoms with E-state index in [4.69, 9.17) is 5.73 Å². The van der Waals surface area contributed by atoms with Crippen molar-refractivity contribution in [3.05, 3.63) is 47.9 Å². The predicted octanol–water partition coefficient (Wildman–Crippen LogP) is 3.57. The van der Waals surface area contributed by atoms with Gasteiger partial charge in [-0.2, -0.15) is 0 Å². The minimum atomic E-state index is -0.625. The molecule has 0 aromatic heterocycles. The number of rotatable bonds is 7. The molecule has 0 spiro atoms. The molecule has 0 rings (SSSR count). The minimum Gasteiger partial charge on any atom is -0.366 e. The van der Waals surface area contributed by atoms with Crippen molar-refractivity contribution in [1.29, 1.82) is 0 Å². The fourth-order valence-electron chi connectivity index (χ4n) is 1.34. The molecule has 0 radical (unpaired) electrons. The Morgan fingerprint density at radius 1 is 1.29 bits per heavy atom. The van der Waals surface area contributed by atoms with Gasteiger partial charge in [-0.3, -0.25) is 4.79 Å². The zero-order chi connectivity index (χ0) is 13.3. The van der Waals surface area contributed by atoms with E-state index in [0.717, 1.165) is 6.42 Å². The summed E-state index contributed by atoms with van der Waals surface area (Å²) in [6.07, 6.45) is 8.08. The highest BCUT2D eigenvalue weighted by molar-refractivity contribution is 5.97. The number of amides is 1. The summed E-state index contributed by atoms with van der Waals surface area (Å²) in [5.74, 6) is -1.05. The van der Waals surface area contributed by atoms with E-state index in [0.29, 0.717) is 12.8 Å². The highest BCUT2D eigenvalue weighted by atomic mass is 19.1. The molecular weight excluding hydrogens is 217 g/mol. The van der Waals surface area contributed by atoms with Crippen LogP contribution >= 0.6 is 0 Å². The van der Waals surface area contributed by atoms with Crippen LogP contribution in [0.3, 0.4) is 0 Å². The average molecular weight is 237 g/mol. The third kappa shape index (κ3) is 5.29. The maximum absolute atomic E-state index is 13.9. The summed E-state index contributed by atoms with van der Waals surface area (Å²) in [6.45, 7) is 7.33. The van der Waals surface area contributed by atoms with Crippen molar-refractivity contribution in [2.75, 3.05) is 0 Å². The van der Waals surface area contributed by atoms with Gasteiger partial charge in [0, 0.05) is 11.1 Å². The van der Waals surface area contributed by atoms with E-state index in [2.05, 4.69) is 6.58 Å². The van der Waals surface area contributed by atoms with E-state index < -0.39 is 11.7 Å². The molecule has 0 saturated carbocycles. The van der Waals surface area contributed by atoms with Gasteiger partial charge in [-0.25, -0.2) is 4.39 Å². The quantitative estimate of drug-likeness (QED) is 0.534. The maximum atomic E-state index is 13.9. The lowest BCUT2D eigenvalue weighted by Crippen LogP contribution is -2.16. The Morgan fingerprint density at radius 2 is 1.94 bits per heavy atom. The molecule has 0 aromatic rings. The molecule has 3 heteroatoms. The summed E-state index contributed by atoms with van der Waals surface area (Å²) < 4.78 is 13.9. The monoisotopic (exact) mass is 237 g/mol. The Bertz CT molecular complexity index is 364. The van der Waals surface area contributed by atoms with Crippen LogP contribution in [0.25, 0.3) is 0 Å². The molecule has 0 aromatic carbocycles. The molecule has 0 aliphatic carbocycles. The van der Waals surface area contributed by atoms with Crippen LogP contribution in [0.1, 0.15) is 33.1 Å². The van der Waals surface area contributed by atoms with E-state index in [9.17, 15) is 9.18 Å². The second-order valence-electron chi connectivity index (χ2n) is 3.55. The van der Waals surface area contributed by atoms with Crippen molar-refractivity contribution >= 4 is 5.91 Å². The zero-order valence-electron chi connectivity index (χ0n) is 10.5. The number of hydrogen-bond donors (Lipinski definition) is 1. The summed E-state index contributed by atoms with van der Waals surface area (Å²) in [4.78, 5) is 11.3. The number of unbranched alkanes of at least 4 members (excludes halogenated alkanes) is 1. The number of allylic oxidation sites excluding steroid dienone is 5. The summed E-state index contributed by atoms with van der Waals surface area (Å²) in [5.41, 5.74) is 5.66. The number of carbonyl (C=O) groups excluding carboxylic acids is 1. The van der Waals surface area contributed by atoms with Gasteiger partial charge in [-0.1, -0.05) is 45.1 Å². The van der Waals surface area contributed by atoms with Crippen LogP contribution in [0.5, 0.6) is 0 Å². The lowest BCUT2D eigenvalue weighted by Gasteiger charge is -2.07. The standard InChI is InChI=1S/C14H20FNO/c1-4-7-10-13(15)11(8-5-2)12(9-6-3)14(16)17/h5,8-10H,2,4,6-7H2,1,3H3,(H2,16,17)/b11-8-,12-9+,13-10+. The van der Waals surface area contributed by atoms with Crippen molar-refractivity contribution in [1.82, 2.24) is 0 Å². The van der Waals surface area contributed by atoms with Crippen LogP contribution in [0.4, 0.5) is 4.39 Å². The third-order valence-electron chi connectivity index (χ3n) is 2.12. The van der Waals surface area contributed by atoms with Crippen LogP contribution in [0, 0.1) is 0 Å². The van der Waals surface area contributed by atoms with Gasteiger partial charge in [0.05, 0.1) is 0 Å². The number of halogens is 1. The first-order valence-electron chi connectivity index (χ1n) is 5.77. The van der Waals surface area contributed by atoms with Crippen LogP contribution in [0.15, 0.2) is 47.9 Å². The van der Waals surface area contributed by atoms with Crippen LogP contribution < -0.4 is 5.73 Å². The Hall–Kier alpha value is -1.64. The average Bonchev–Trinajstić information content (AvgIpc) is 2.30. The molecule has 0 saturated heterocycles. The van der Waals surface area contributed by atoms with E-state index in [-0.39, 0.29) is 11.1 Å². The third-order valence-corrected chi connectivity index (χ3v) is 2.12. The zero-order valence-corrected chi connectivity index (χ0v) is 10.5. The van der Waals surface area contributed by atoms with Crippen LogP contribution in [-0.4, -0.2) is 5.91 Å². The predicted molar refractivity (Wildman–Crippen MR) is 69.9 cm³/mol. The van der Waals surface area contributed by atoms with Gasteiger partial charge in [0.25, 0.3) is 0 Å². The van der Waals surface area contributed by atoms with E-state index in [1.54, 1.807) is 6.08 Å². The fourth-order valence-corrected chi connectivity index (χ4v) is 1.34. The minimum absolute atomic E-state index is 0.206. The van der Waals surface area contributed by atoms with Crippen molar-refractivity contribution < 1.29 is 9.18 Å². The van der Waals surface area contributed by atoms with Crippen molar-refractivity contribution in [2.24, 2.45) is 5.73 Å². The smallest absolute Gasteiger partial charge is 0.249 e. The van der Waals surface area contributed by atoms with Crippen LogP contribution in [-0.2, 0) is 4.79 Å². The largest absolute Gasteiger partial charge is 0.366 e. The Kier molecular flexibility index (Phi) is 7.68. The van der Waals surface area contributed by atoms with Gasteiger partial charge in [0.15, 0.2) is 0 Å². The summed E-state index contributed by atoms with van der Waals surface area (Å²) in [6, 6.07) is 0. The van der Waals surface area contributed by atoms with Gasteiger partial charge >= 0.3 is 0 Å². The second-order valence-corrected chi connectivity index (χ2v) is 3.55. The normalized spacial score (nSPS) is 13.7. The topological polar surface area (TPSA) is 43.1 Å². The molecule has 0 fully saturated rings. The second kappa shape index (κ2) is 8.50. The fraction of sp³-hybridized carbons (Fsp3) is 0.357. The van der Waals surface area contributed by atoms with E-state index in [1.807, 2.05) is 13.8 Å². The molecule has 2 N–H and O–H groups in total. The molecule has 0 aliphatic rings. The highest BCUT2D eigenvalue weighted by Crippen LogP contribution is 2.22. The molecule has 17 heavy (non-hydrogen) atoms. The summed E-state index contributed by atoms with van der Waals surface area (Å²) >= 11 is 0. The lowest BCUT2D eigenvalue weighted by molar-refractivity contribution is -0.114. The number of carbonyl (C=O) groups is 1. The summed E-state index contributed by atoms with van der Waals surface area (Å²) in [5, 5.41) is 0. The Balaban J connectivity index is 5.36. The van der Waals surface area contributed by atoms with Crippen molar-refractivity contribution in [2.45, 2.75) is 33.1 Å². The van der Waals surface area contributed by atoms with Gasteiger partial charge < -0.3 is 5.73 Å². The first-order chi connectivity index (χ1) is 8.08. The van der Waals surface area contributed by atoms with Crippen LogP contribution in [0.2, 0.25) is 0 Å².